The third-order valence-corrected chi connectivity index (χ3v) is 2.83. The van der Waals surface area contributed by atoms with Crippen LogP contribution in [0.2, 0.25) is 0 Å². The third kappa shape index (κ3) is 2.27. The van der Waals surface area contributed by atoms with Gasteiger partial charge in [-0.1, -0.05) is 18.2 Å². The van der Waals surface area contributed by atoms with Crippen molar-refractivity contribution in [2.45, 2.75) is 26.8 Å². The zero-order chi connectivity index (χ0) is 12.4. The van der Waals surface area contributed by atoms with Crippen LogP contribution < -0.4 is 5.73 Å². The Morgan fingerprint density at radius 1 is 1.41 bits per heavy atom. The molecular formula is C12H15FN4. The first-order chi connectivity index (χ1) is 8.11. The maximum atomic E-state index is 13.0. The van der Waals surface area contributed by atoms with Gasteiger partial charge in [0.2, 0.25) is 0 Å². The lowest BCUT2D eigenvalue weighted by Gasteiger charge is -2.08. The molecule has 0 radical (unpaired) electrons. The normalized spacial score (nSPS) is 10.8. The number of aryl methyl sites for hydroxylation is 1. The first kappa shape index (κ1) is 11.6. The highest BCUT2D eigenvalue weighted by Crippen LogP contribution is 2.14. The SMILES string of the molecule is CCc1c(N)nnn1Cc1ccc(F)cc1C. The molecule has 0 saturated heterocycles. The van der Waals surface area contributed by atoms with Gasteiger partial charge in [0.05, 0.1) is 12.2 Å². The van der Waals surface area contributed by atoms with Crippen LogP contribution in [0.3, 0.4) is 0 Å². The van der Waals surface area contributed by atoms with Crippen molar-refractivity contribution in [3.8, 4) is 0 Å². The monoisotopic (exact) mass is 234 g/mol. The lowest BCUT2D eigenvalue weighted by Crippen LogP contribution is -2.08. The highest BCUT2D eigenvalue weighted by atomic mass is 19.1. The van der Waals surface area contributed by atoms with E-state index in [0.717, 1.165) is 23.2 Å². The van der Waals surface area contributed by atoms with E-state index in [1.807, 2.05) is 13.8 Å². The summed E-state index contributed by atoms with van der Waals surface area (Å²) in [7, 11) is 0. The van der Waals surface area contributed by atoms with Gasteiger partial charge < -0.3 is 5.73 Å². The molecule has 17 heavy (non-hydrogen) atoms. The average Bonchev–Trinajstić information content (AvgIpc) is 2.63. The van der Waals surface area contributed by atoms with E-state index in [2.05, 4.69) is 10.3 Å². The van der Waals surface area contributed by atoms with Gasteiger partial charge in [-0.3, -0.25) is 0 Å². The fraction of sp³-hybridized carbons (Fsp3) is 0.333. The number of nitrogens with zero attached hydrogens (tertiary/aromatic N) is 3. The molecule has 1 aromatic heterocycles. The Morgan fingerprint density at radius 3 is 2.82 bits per heavy atom. The van der Waals surface area contributed by atoms with Gasteiger partial charge in [0.1, 0.15) is 5.82 Å². The molecule has 2 N–H and O–H groups in total. The predicted octanol–water partition coefficient (Wildman–Crippen LogP) is 1.92. The van der Waals surface area contributed by atoms with E-state index < -0.39 is 0 Å². The molecule has 0 bridgehead atoms. The number of aromatic nitrogens is 3. The Bertz CT molecular complexity index is 533. The Balaban J connectivity index is 2.31. The van der Waals surface area contributed by atoms with Gasteiger partial charge >= 0.3 is 0 Å². The minimum Gasteiger partial charge on any atom is -0.381 e. The van der Waals surface area contributed by atoms with Crippen LogP contribution in [-0.2, 0) is 13.0 Å². The van der Waals surface area contributed by atoms with Gasteiger partial charge in [-0.15, -0.1) is 5.10 Å². The second kappa shape index (κ2) is 4.53. The van der Waals surface area contributed by atoms with Gasteiger partial charge in [-0.25, -0.2) is 9.07 Å². The smallest absolute Gasteiger partial charge is 0.169 e. The Kier molecular flexibility index (Phi) is 3.08. The van der Waals surface area contributed by atoms with E-state index in [-0.39, 0.29) is 5.82 Å². The zero-order valence-corrected chi connectivity index (χ0v) is 9.94. The maximum Gasteiger partial charge on any atom is 0.169 e. The van der Waals surface area contributed by atoms with Crippen molar-refractivity contribution in [3.05, 3.63) is 40.8 Å². The topological polar surface area (TPSA) is 56.7 Å². The number of nitrogens with two attached hydrogens (primary N) is 1. The van der Waals surface area contributed by atoms with Crippen LogP contribution in [0.25, 0.3) is 0 Å². The fourth-order valence-electron chi connectivity index (χ4n) is 1.83. The fourth-order valence-corrected chi connectivity index (χ4v) is 1.83. The van der Waals surface area contributed by atoms with Crippen LogP contribution in [-0.4, -0.2) is 15.0 Å². The van der Waals surface area contributed by atoms with Crippen molar-refractivity contribution in [2.75, 3.05) is 5.73 Å². The number of rotatable bonds is 3. The summed E-state index contributed by atoms with van der Waals surface area (Å²) in [5.41, 5.74) is 8.55. The van der Waals surface area contributed by atoms with Gasteiger partial charge in [-0.05, 0) is 36.6 Å². The van der Waals surface area contributed by atoms with E-state index >= 15 is 0 Å². The molecule has 0 amide bonds. The van der Waals surface area contributed by atoms with Crippen molar-refractivity contribution >= 4 is 5.82 Å². The molecule has 0 fully saturated rings. The molecule has 0 unspecified atom stereocenters. The summed E-state index contributed by atoms with van der Waals surface area (Å²) >= 11 is 0. The van der Waals surface area contributed by atoms with Crippen LogP contribution in [0.5, 0.6) is 0 Å². The maximum absolute atomic E-state index is 13.0. The quantitative estimate of drug-likeness (QED) is 0.882. The first-order valence-electron chi connectivity index (χ1n) is 5.54. The van der Waals surface area contributed by atoms with Gasteiger partial charge in [0.25, 0.3) is 0 Å². The standard InChI is InChI=1S/C12H15FN4/c1-3-11-12(14)15-16-17(11)7-9-4-5-10(13)6-8(9)2/h4-6H,3,7,14H2,1-2H3. The molecule has 2 rings (SSSR count). The predicted molar refractivity (Wildman–Crippen MR) is 64.1 cm³/mol. The largest absolute Gasteiger partial charge is 0.381 e. The molecule has 2 aromatic rings. The van der Waals surface area contributed by atoms with Gasteiger partial charge in [-0.2, -0.15) is 0 Å². The van der Waals surface area contributed by atoms with Crippen LogP contribution in [0.1, 0.15) is 23.7 Å². The van der Waals surface area contributed by atoms with Crippen LogP contribution >= 0.6 is 0 Å². The summed E-state index contributed by atoms with van der Waals surface area (Å²) in [6.07, 6.45) is 0.777. The van der Waals surface area contributed by atoms with Gasteiger partial charge in [0, 0.05) is 0 Å². The second-order valence-corrected chi connectivity index (χ2v) is 4.00. The van der Waals surface area contributed by atoms with Crippen LogP contribution in [0.4, 0.5) is 10.2 Å². The summed E-state index contributed by atoms with van der Waals surface area (Å²) in [6, 6.07) is 4.73. The van der Waals surface area contributed by atoms with E-state index in [9.17, 15) is 4.39 Å². The highest BCUT2D eigenvalue weighted by Gasteiger charge is 2.09. The molecule has 0 atom stereocenters. The first-order valence-corrected chi connectivity index (χ1v) is 5.54. The molecule has 90 valence electrons. The number of hydrogen-bond donors (Lipinski definition) is 1. The molecule has 1 heterocycles. The number of nitrogen functional groups attached to an aromatic ring is 1. The van der Waals surface area contributed by atoms with E-state index in [1.54, 1.807) is 10.7 Å². The summed E-state index contributed by atoms with van der Waals surface area (Å²) in [5.74, 6) is 0.243. The van der Waals surface area contributed by atoms with E-state index in [4.69, 9.17) is 5.73 Å². The molecule has 0 aliphatic carbocycles. The Hall–Kier alpha value is -1.91. The van der Waals surface area contributed by atoms with Crippen molar-refractivity contribution in [1.29, 1.82) is 0 Å². The molecule has 4 nitrogen and oxygen atoms in total. The Labute approximate surface area is 99.2 Å². The molecule has 0 saturated carbocycles. The molecule has 1 aromatic carbocycles. The molecule has 0 aliphatic heterocycles. The number of benzene rings is 1. The third-order valence-electron chi connectivity index (χ3n) is 2.83. The van der Waals surface area contributed by atoms with E-state index in [1.165, 1.54) is 12.1 Å². The van der Waals surface area contributed by atoms with Gasteiger partial charge in [0.15, 0.2) is 5.82 Å². The van der Waals surface area contributed by atoms with Crippen molar-refractivity contribution in [3.63, 3.8) is 0 Å². The Morgan fingerprint density at radius 2 is 2.18 bits per heavy atom. The van der Waals surface area contributed by atoms with Crippen LogP contribution in [0, 0.1) is 12.7 Å². The number of anilines is 1. The minimum absolute atomic E-state index is 0.222. The zero-order valence-electron chi connectivity index (χ0n) is 9.94. The summed E-state index contributed by atoms with van der Waals surface area (Å²) in [5, 5.41) is 7.84. The lowest BCUT2D eigenvalue weighted by molar-refractivity contribution is 0.609. The second-order valence-electron chi connectivity index (χ2n) is 4.00. The highest BCUT2D eigenvalue weighted by molar-refractivity contribution is 5.34. The summed E-state index contributed by atoms with van der Waals surface area (Å²) in [6.45, 7) is 4.45. The molecule has 5 heteroatoms. The van der Waals surface area contributed by atoms with Crippen molar-refractivity contribution < 1.29 is 4.39 Å². The molecule has 0 spiro atoms. The van der Waals surface area contributed by atoms with Crippen molar-refractivity contribution in [1.82, 2.24) is 15.0 Å². The summed E-state index contributed by atoms with van der Waals surface area (Å²) < 4.78 is 14.7. The van der Waals surface area contributed by atoms with E-state index in [0.29, 0.717) is 12.4 Å². The summed E-state index contributed by atoms with van der Waals surface area (Å²) in [4.78, 5) is 0. The van der Waals surface area contributed by atoms with Crippen molar-refractivity contribution in [2.24, 2.45) is 0 Å². The molecular weight excluding hydrogens is 219 g/mol. The molecule has 0 aliphatic rings. The van der Waals surface area contributed by atoms with Crippen LogP contribution in [0.15, 0.2) is 18.2 Å². The minimum atomic E-state index is -0.222. The lowest BCUT2D eigenvalue weighted by atomic mass is 10.1. The number of halogens is 1. The number of hydrogen-bond acceptors (Lipinski definition) is 3. The average molecular weight is 234 g/mol.